The SMILES string of the molecule is O=C1/C(=C/c2ccc(-c3cccc([N+](=O)[O-])c3)o2)NC(=S)N1c1ccccc1. The Labute approximate surface area is 165 Å². The molecule has 3 aromatic rings. The van der Waals surface area contributed by atoms with Gasteiger partial charge in [-0.3, -0.25) is 19.8 Å². The molecule has 4 rings (SSSR count). The summed E-state index contributed by atoms with van der Waals surface area (Å²) in [6.07, 6.45) is 1.55. The smallest absolute Gasteiger partial charge is 0.281 e. The second-order valence-corrected chi connectivity index (χ2v) is 6.36. The van der Waals surface area contributed by atoms with Crippen LogP contribution in [0.4, 0.5) is 11.4 Å². The fourth-order valence-corrected chi connectivity index (χ4v) is 3.15. The number of amides is 1. The van der Waals surface area contributed by atoms with Crippen LogP contribution in [0.5, 0.6) is 0 Å². The number of nitro benzene ring substituents is 1. The van der Waals surface area contributed by atoms with Gasteiger partial charge in [0.1, 0.15) is 17.2 Å². The van der Waals surface area contributed by atoms with Gasteiger partial charge < -0.3 is 9.73 Å². The fourth-order valence-electron chi connectivity index (χ4n) is 2.85. The van der Waals surface area contributed by atoms with Crippen LogP contribution in [0.2, 0.25) is 0 Å². The van der Waals surface area contributed by atoms with Gasteiger partial charge in [-0.05, 0) is 36.5 Å². The summed E-state index contributed by atoms with van der Waals surface area (Å²) >= 11 is 5.27. The molecule has 0 atom stereocenters. The average Bonchev–Trinajstić information content (AvgIpc) is 3.27. The first-order chi connectivity index (χ1) is 13.5. The van der Waals surface area contributed by atoms with Crippen LogP contribution in [0.1, 0.15) is 5.76 Å². The van der Waals surface area contributed by atoms with E-state index < -0.39 is 4.92 Å². The van der Waals surface area contributed by atoms with Gasteiger partial charge in [0.25, 0.3) is 11.6 Å². The normalized spacial score (nSPS) is 15.1. The number of nitrogens with one attached hydrogen (secondary N) is 1. The summed E-state index contributed by atoms with van der Waals surface area (Å²) in [5.74, 6) is 0.600. The third-order valence-corrected chi connectivity index (χ3v) is 4.43. The molecule has 1 aromatic heterocycles. The minimum Gasteiger partial charge on any atom is -0.457 e. The Balaban J connectivity index is 1.61. The summed E-state index contributed by atoms with van der Waals surface area (Å²) in [5, 5.41) is 14.1. The Hall–Kier alpha value is -3.78. The quantitative estimate of drug-likeness (QED) is 0.312. The molecule has 0 spiro atoms. The van der Waals surface area contributed by atoms with Crippen molar-refractivity contribution >= 4 is 40.7 Å². The zero-order chi connectivity index (χ0) is 19.7. The molecule has 2 aromatic carbocycles. The van der Waals surface area contributed by atoms with E-state index in [9.17, 15) is 14.9 Å². The van der Waals surface area contributed by atoms with Gasteiger partial charge >= 0.3 is 0 Å². The summed E-state index contributed by atoms with van der Waals surface area (Å²) in [5.41, 5.74) is 1.51. The third kappa shape index (κ3) is 3.28. The fraction of sp³-hybridized carbons (Fsp3) is 0. The maximum absolute atomic E-state index is 12.7. The molecule has 8 heteroatoms. The van der Waals surface area contributed by atoms with E-state index >= 15 is 0 Å². The van der Waals surface area contributed by atoms with Crippen molar-refractivity contribution in [1.29, 1.82) is 0 Å². The first-order valence-electron chi connectivity index (χ1n) is 8.30. The van der Waals surface area contributed by atoms with Crippen LogP contribution >= 0.6 is 12.2 Å². The standard InChI is InChI=1S/C20H13N3O4S/c24-19-17(21-20(28)22(19)14-6-2-1-3-7-14)12-16-9-10-18(27-16)13-5-4-8-15(11-13)23(25)26/h1-12H,(H,21,28)/b17-12-. The molecule has 1 fully saturated rings. The maximum Gasteiger partial charge on any atom is 0.281 e. The van der Waals surface area contributed by atoms with Gasteiger partial charge in [0, 0.05) is 23.8 Å². The van der Waals surface area contributed by atoms with Crippen LogP contribution in [-0.2, 0) is 4.79 Å². The highest BCUT2D eigenvalue weighted by molar-refractivity contribution is 7.80. The van der Waals surface area contributed by atoms with Crippen molar-refractivity contribution in [2.45, 2.75) is 0 Å². The number of hydrogen-bond acceptors (Lipinski definition) is 5. The lowest BCUT2D eigenvalue weighted by Gasteiger charge is -2.13. The first kappa shape index (κ1) is 17.6. The van der Waals surface area contributed by atoms with Gasteiger partial charge in [0.15, 0.2) is 5.11 Å². The van der Waals surface area contributed by atoms with Crippen LogP contribution < -0.4 is 10.2 Å². The molecule has 1 N–H and O–H groups in total. The average molecular weight is 391 g/mol. The number of anilines is 1. The number of para-hydroxylation sites is 1. The van der Waals surface area contributed by atoms with Gasteiger partial charge in [0.05, 0.1) is 10.6 Å². The molecule has 1 amide bonds. The van der Waals surface area contributed by atoms with E-state index in [0.29, 0.717) is 22.8 Å². The van der Waals surface area contributed by atoms with E-state index in [1.54, 1.807) is 42.5 Å². The highest BCUT2D eigenvalue weighted by Crippen LogP contribution is 2.27. The van der Waals surface area contributed by atoms with E-state index in [4.69, 9.17) is 16.6 Å². The largest absolute Gasteiger partial charge is 0.457 e. The lowest BCUT2D eigenvalue weighted by molar-refractivity contribution is -0.384. The van der Waals surface area contributed by atoms with Crippen molar-refractivity contribution in [1.82, 2.24) is 5.32 Å². The van der Waals surface area contributed by atoms with Gasteiger partial charge in [-0.15, -0.1) is 0 Å². The van der Waals surface area contributed by atoms with Crippen LogP contribution in [0.3, 0.4) is 0 Å². The molecule has 7 nitrogen and oxygen atoms in total. The summed E-state index contributed by atoms with van der Waals surface area (Å²) in [7, 11) is 0. The van der Waals surface area contributed by atoms with Crippen LogP contribution in [0.15, 0.2) is 76.8 Å². The topological polar surface area (TPSA) is 88.6 Å². The van der Waals surface area contributed by atoms with E-state index in [2.05, 4.69) is 5.32 Å². The maximum atomic E-state index is 12.7. The number of hydrogen-bond donors (Lipinski definition) is 1. The lowest BCUT2D eigenvalue weighted by atomic mass is 10.1. The number of non-ortho nitro benzene ring substituents is 1. The second-order valence-electron chi connectivity index (χ2n) is 5.97. The molecule has 0 radical (unpaired) electrons. The van der Waals surface area contributed by atoms with Crippen molar-refractivity contribution in [3.05, 3.63) is 88.3 Å². The first-order valence-corrected chi connectivity index (χ1v) is 8.70. The zero-order valence-corrected chi connectivity index (χ0v) is 15.2. The van der Waals surface area contributed by atoms with Crippen molar-refractivity contribution in [3.63, 3.8) is 0 Å². The van der Waals surface area contributed by atoms with Crippen molar-refractivity contribution < 1.29 is 14.1 Å². The van der Waals surface area contributed by atoms with Gasteiger partial charge in [-0.1, -0.05) is 30.3 Å². The number of carbonyl (C=O) groups excluding carboxylic acids is 1. The Kier molecular flexibility index (Phi) is 4.46. The van der Waals surface area contributed by atoms with Crippen molar-refractivity contribution in [3.8, 4) is 11.3 Å². The summed E-state index contributed by atoms with van der Waals surface area (Å²) in [4.78, 5) is 24.6. The predicted molar refractivity (Wildman–Crippen MR) is 108 cm³/mol. The Bertz CT molecular complexity index is 1120. The number of nitro groups is 1. The minimum absolute atomic E-state index is 0.0229. The minimum atomic E-state index is -0.463. The zero-order valence-electron chi connectivity index (χ0n) is 14.4. The Morgan fingerprint density at radius 1 is 1.07 bits per heavy atom. The molecular formula is C20H13N3O4S. The number of rotatable bonds is 4. The molecule has 1 saturated heterocycles. The van der Waals surface area contributed by atoms with E-state index in [0.717, 1.165) is 0 Å². The molecule has 28 heavy (non-hydrogen) atoms. The molecule has 2 heterocycles. The molecule has 0 bridgehead atoms. The van der Waals surface area contributed by atoms with Crippen molar-refractivity contribution in [2.24, 2.45) is 0 Å². The van der Waals surface area contributed by atoms with Crippen LogP contribution in [0, 0.1) is 10.1 Å². The molecule has 1 aliphatic heterocycles. The number of thiocarbonyl (C=S) groups is 1. The molecule has 0 aliphatic carbocycles. The van der Waals surface area contributed by atoms with Crippen LogP contribution in [0.25, 0.3) is 17.4 Å². The molecule has 138 valence electrons. The Morgan fingerprint density at radius 2 is 1.86 bits per heavy atom. The molecular weight excluding hydrogens is 378 g/mol. The van der Waals surface area contributed by atoms with Gasteiger partial charge in [0.2, 0.25) is 0 Å². The summed E-state index contributed by atoms with van der Waals surface area (Å²) in [6.45, 7) is 0. The summed E-state index contributed by atoms with van der Waals surface area (Å²) < 4.78 is 5.74. The van der Waals surface area contributed by atoms with Gasteiger partial charge in [-0.2, -0.15) is 0 Å². The van der Waals surface area contributed by atoms with E-state index in [1.165, 1.54) is 17.0 Å². The number of furan rings is 1. The molecule has 1 aliphatic rings. The van der Waals surface area contributed by atoms with Crippen molar-refractivity contribution in [2.75, 3.05) is 4.90 Å². The third-order valence-electron chi connectivity index (χ3n) is 4.15. The number of nitrogens with zero attached hydrogens (tertiary/aromatic N) is 2. The number of carbonyl (C=O) groups is 1. The second kappa shape index (κ2) is 7.09. The molecule has 0 saturated carbocycles. The highest BCUT2D eigenvalue weighted by atomic mass is 32.1. The monoisotopic (exact) mass is 391 g/mol. The molecule has 0 unspecified atom stereocenters. The van der Waals surface area contributed by atoms with E-state index in [-0.39, 0.29) is 22.4 Å². The Morgan fingerprint density at radius 3 is 2.61 bits per heavy atom. The lowest BCUT2D eigenvalue weighted by Crippen LogP contribution is -2.30. The van der Waals surface area contributed by atoms with E-state index in [1.807, 2.05) is 18.2 Å². The highest BCUT2D eigenvalue weighted by Gasteiger charge is 2.32. The summed E-state index contributed by atoms with van der Waals surface area (Å²) in [6, 6.07) is 18.6. The van der Waals surface area contributed by atoms with Gasteiger partial charge in [-0.25, -0.2) is 0 Å². The number of benzene rings is 2. The predicted octanol–water partition coefficient (Wildman–Crippen LogP) is 4.12. The van der Waals surface area contributed by atoms with Crippen LogP contribution in [-0.4, -0.2) is 15.9 Å².